The predicted octanol–water partition coefficient (Wildman–Crippen LogP) is 1.64. The van der Waals surface area contributed by atoms with Crippen molar-refractivity contribution in [2.75, 3.05) is 32.2 Å². The Bertz CT molecular complexity index is 1310. The van der Waals surface area contributed by atoms with Crippen LogP contribution < -0.4 is 21.3 Å². The quantitative estimate of drug-likeness (QED) is 0.328. The van der Waals surface area contributed by atoms with Gasteiger partial charge in [-0.2, -0.15) is 4.98 Å². The van der Waals surface area contributed by atoms with Crippen LogP contribution in [0.3, 0.4) is 0 Å². The number of methoxy groups -OCH3 is 1. The van der Waals surface area contributed by atoms with E-state index < -0.39 is 0 Å². The average molecular weight is 498 g/mol. The molecule has 2 aliphatic rings. The molecule has 2 heterocycles. The van der Waals surface area contributed by atoms with E-state index in [0.29, 0.717) is 61.5 Å². The Morgan fingerprint density at radius 2 is 1.64 bits per heavy atom. The summed E-state index contributed by atoms with van der Waals surface area (Å²) in [6.07, 6.45) is 4.79. The zero-order valence-electron chi connectivity index (χ0n) is 20.7. The zero-order valence-corrected chi connectivity index (χ0v) is 20.7. The Morgan fingerprint density at radius 3 is 2.22 bits per heavy atom. The summed E-state index contributed by atoms with van der Waals surface area (Å²) in [4.78, 5) is 32.0. The summed E-state index contributed by atoms with van der Waals surface area (Å²) in [6.45, 7) is 1.66. The van der Waals surface area contributed by atoms with Gasteiger partial charge in [0.15, 0.2) is 11.2 Å². The Labute approximate surface area is 209 Å². The molecule has 0 radical (unpaired) electrons. The zero-order chi connectivity index (χ0) is 25.2. The van der Waals surface area contributed by atoms with Gasteiger partial charge in [-0.05, 0) is 61.6 Å². The van der Waals surface area contributed by atoms with Crippen LogP contribution in [0.1, 0.15) is 37.7 Å². The molecule has 0 unspecified atom stereocenters. The molecule has 3 aromatic rings. The van der Waals surface area contributed by atoms with E-state index in [1.165, 1.54) is 4.57 Å². The number of nitrogens with one attached hydrogen (secondary N) is 1. The molecule has 2 aliphatic carbocycles. The summed E-state index contributed by atoms with van der Waals surface area (Å²) >= 11 is 0. The fraction of sp³-hybridized carbons (Fsp3) is 0.577. The molecule has 1 aromatic carbocycles. The molecule has 0 saturated heterocycles. The second kappa shape index (κ2) is 10.5. The molecule has 5 rings (SSSR count). The molecule has 0 aliphatic heterocycles. The number of hydrogen-bond acceptors (Lipinski definition) is 7. The van der Waals surface area contributed by atoms with Crippen molar-refractivity contribution in [3.63, 3.8) is 0 Å². The molecule has 194 valence electrons. The number of aliphatic hydroxyl groups excluding tert-OH is 2. The number of aromatic nitrogens is 4. The molecular formula is C26H35N5O5. The highest BCUT2D eigenvalue weighted by molar-refractivity contribution is 5.74. The summed E-state index contributed by atoms with van der Waals surface area (Å²) < 4.78 is 10.2. The third kappa shape index (κ3) is 5.19. The summed E-state index contributed by atoms with van der Waals surface area (Å²) in [7, 11) is 1.62. The molecule has 2 saturated carbocycles. The molecule has 0 amide bonds. The highest BCUT2D eigenvalue weighted by Crippen LogP contribution is 2.32. The molecule has 10 nitrogen and oxygen atoms in total. The van der Waals surface area contributed by atoms with E-state index >= 15 is 0 Å². The van der Waals surface area contributed by atoms with Crippen LogP contribution in [0.4, 0.5) is 5.95 Å². The third-order valence-corrected chi connectivity index (χ3v) is 7.24. The number of imidazole rings is 1. The first-order valence-corrected chi connectivity index (χ1v) is 12.8. The fourth-order valence-corrected chi connectivity index (χ4v) is 4.56. The van der Waals surface area contributed by atoms with Gasteiger partial charge in [0.25, 0.3) is 5.56 Å². The van der Waals surface area contributed by atoms with Crippen LogP contribution in [-0.4, -0.2) is 55.8 Å². The highest BCUT2D eigenvalue weighted by Gasteiger charge is 2.30. The maximum atomic E-state index is 13.7. The van der Waals surface area contributed by atoms with E-state index in [9.17, 15) is 19.8 Å². The largest absolute Gasteiger partial charge is 0.497 e. The number of nitrogens with zero attached hydrogens (tertiary/aromatic N) is 4. The van der Waals surface area contributed by atoms with Crippen molar-refractivity contribution in [1.29, 1.82) is 0 Å². The van der Waals surface area contributed by atoms with Crippen LogP contribution in [0, 0.1) is 17.8 Å². The second-order valence-corrected chi connectivity index (χ2v) is 10.2. The monoisotopic (exact) mass is 497 g/mol. The molecular weight excluding hydrogens is 462 g/mol. The van der Waals surface area contributed by atoms with Gasteiger partial charge in [0.2, 0.25) is 5.95 Å². The summed E-state index contributed by atoms with van der Waals surface area (Å²) in [5.74, 6) is 1.83. The molecule has 2 aromatic heterocycles. The fourth-order valence-electron chi connectivity index (χ4n) is 4.56. The van der Waals surface area contributed by atoms with E-state index in [2.05, 4.69) is 5.32 Å². The van der Waals surface area contributed by atoms with Crippen molar-refractivity contribution >= 4 is 17.1 Å². The molecule has 36 heavy (non-hydrogen) atoms. The standard InChI is InChI=1S/C26H35N5O5/c1-36-21-8-6-19(7-9-21)12-29-22-23(28-25(29)27-11-10-20(15-32)16-33)30(13-17-2-3-17)26(35)31(24(22)34)14-18-4-5-18/h6-9,17-18,20,32-33H,2-5,10-16H2,1H3,(H,27,28). The lowest BCUT2D eigenvalue weighted by Crippen LogP contribution is -2.41. The summed E-state index contributed by atoms with van der Waals surface area (Å²) in [5.41, 5.74) is 1.24. The smallest absolute Gasteiger partial charge is 0.332 e. The maximum Gasteiger partial charge on any atom is 0.332 e. The first-order chi connectivity index (χ1) is 17.5. The number of anilines is 1. The lowest BCUT2D eigenvalue weighted by Gasteiger charge is -2.14. The molecule has 2 fully saturated rings. The number of hydrogen-bond donors (Lipinski definition) is 3. The van der Waals surface area contributed by atoms with Crippen LogP contribution in [0.15, 0.2) is 33.9 Å². The van der Waals surface area contributed by atoms with Gasteiger partial charge < -0.3 is 20.3 Å². The minimum absolute atomic E-state index is 0.104. The van der Waals surface area contributed by atoms with Crippen LogP contribution in [0.5, 0.6) is 5.75 Å². The van der Waals surface area contributed by atoms with E-state index in [4.69, 9.17) is 9.72 Å². The van der Waals surface area contributed by atoms with Gasteiger partial charge in [0.05, 0.1) is 13.7 Å². The average Bonchev–Trinajstić information content (AvgIpc) is 3.83. The lowest BCUT2D eigenvalue weighted by atomic mass is 10.1. The van der Waals surface area contributed by atoms with Gasteiger partial charge in [-0.1, -0.05) is 12.1 Å². The van der Waals surface area contributed by atoms with Crippen LogP contribution in [0.25, 0.3) is 11.2 Å². The Balaban J connectivity index is 1.60. The maximum absolute atomic E-state index is 13.7. The number of ether oxygens (including phenoxy) is 1. The van der Waals surface area contributed by atoms with Gasteiger partial charge >= 0.3 is 5.69 Å². The number of benzene rings is 1. The number of aliphatic hydroxyl groups is 2. The molecule has 0 atom stereocenters. The van der Waals surface area contributed by atoms with Crippen LogP contribution in [0.2, 0.25) is 0 Å². The molecule has 3 N–H and O–H groups in total. The van der Waals surface area contributed by atoms with Gasteiger partial charge in [0, 0.05) is 38.8 Å². The van der Waals surface area contributed by atoms with Crippen molar-refractivity contribution in [3.05, 3.63) is 50.7 Å². The normalized spacial score (nSPS) is 15.7. The first kappa shape index (κ1) is 24.6. The molecule has 0 bridgehead atoms. The van der Waals surface area contributed by atoms with Crippen LogP contribution in [-0.2, 0) is 19.6 Å². The van der Waals surface area contributed by atoms with Gasteiger partial charge in [-0.15, -0.1) is 0 Å². The van der Waals surface area contributed by atoms with Crippen molar-refractivity contribution < 1.29 is 14.9 Å². The van der Waals surface area contributed by atoms with Crippen molar-refractivity contribution in [2.24, 2.45) is 17.8 Å². The molecule has 10 heteroatoms. The second-order valence-electron chi connectivity index (χ2n) is 10.2. The predicted molar refractivity (Wildman–Crippen MR) is 137 cm³/mol. The minimum atomic E-state index is -0.299. The van der Waals surface area contributed by atoms with E-state index in [1.807, 2.05) is 28.8 Å². The Kier molecular flexibility index (Phi) is 7.15. The Hall–Kier alpha value is -3.11. The van der Waals surface area contributed by atoms with Crippen molar-refractivity contribution in [2.45, 2.75) is 51.7 Å². The van der Waals surface area contributed by atoms with E-state index in [1.54, 1.807) is 11.7 Å². The SMILES string of the molecule is COc1ccc(Cn2c(NCCC(CO)CO)nc3c2c(=O)n(CC2CC2)c(=O)n3CC2CC2)cc1. The topological polar surface area (TPSA) is 124 Å². The number of fused-ring (bicyclic) bond motifs is 1. The van der Waals surface area contributed by atoms with Crippen LogP contribution >= 0.6 is 0 Å². The lowest BCUT2D eigenvalue weighted by molar-refractivity contribution is 0.146. The molecule has 0 spiro atoms. The summed E-state index contributed by atoms with van der Waals surface area (Å²) in [5, 5.41) is 22.2. The first-order valence-electron chi connectivity index (χ1n) is 12.8. The Morgan fingerprint density at radius 1 is 1.00 bits per heavy atom. The van der Waals surface area contributed by atoms with E-state index in [-0.39, 0.29) is 30.4 Å². The summed E-state index contributed by atoms with van der Waals surface area (Å²) in [6, 6.07) is 7.65. The van der Waals surface area contributed by atoms with E-state index in [0.717, 1.165) is 37.0 Å². The highest BCUT2D eigenvalue weighted by atomic mass is 16.5. The van der Waals surface area contributed by atoms with Gasteiger partial charge in [-0.3, -0.25) is 18.5 Å². The number of rotatable bonds is 13. The van der Waals surface area contributed by atoms with Gasteiger partial charge in [-0.25, -0.2) is 4.79 Å². The van der Waals surface area contributed by atoms with Crippen molar-refractivity contribution in [3.8, 4) is 5.75 Å². The minimum Gasteiger partial charge on any atom is -0.497 e. The van der Waals surface area contributed by atoms with Gasteiger partial charge in [0.1, 0.15) is 5.75 Å². The van der Waals surface area contributed by atoms with Crippen molar-refractivity contribution in [1.82, 2.24) is 18.7 Å². The third-order valence-electron chi connectivity index (χ3n) is 7.24.